The Morgan fingerprint density at radius 1 is 1.04 bits per heavy atom. The quantitative estimate of drug-likeness (QED) is 0.494. The van der Waals surface area contributed by atoms with Crippen LogP contribution < -0.4 is 10.1 Å². The van der Waals surface area contributed by atoms with Crippen molar-refractivity contribution in [2.24, 2.45) is 0 Å². The van der Waals surface area contributed by atoms with Crippen molar-refractivity contribution in [2.45, 2.75) is 12.6 Å². The third-order valence-corrected chi connectivity index (χ3v) is 3.21. The SMILES string of the molecule is O=C(CCNC(=O)c1ccc(F)cc1F)Oc1ccccc1C(F)(F)F. The Morgan fingerprint density at radius 3 is 2.38 bits per heavy atom. The van der Waals surface area contributed by atoms with Crippen LogP contribution in [0.4, 0.5) is 22.0 Å². The molecule has 0 fully saturated rings. The molecular formula is C17H12F5NO3. The van der Waals surface area contributed by atoms with Gasteiger partial charge in [0.05, 0.1) is 17.5 Å². The van der Waals surface area contributed by atoms with Crippen LogP contribution in [0.25, 0.3) is 0 Å². The first-order chi connectivity index (χ1) is 12.2. The molecule has 0 aromatic heterocycles. The third-order valence-electron chi connectivity index (χ3n) is 3.21. The van der Waals surface area contributed by atoms with Crippen LogP contribution in [-0.2, 0) is 11.0 Å². The fourth-order valence-electron chi connectivity index (χ4n) is 2.01. The van der Waals surface area contributed by atoms with Gasteiger partial charge in [0.15, 0.2) is 0 Å². The number of rotatable bonds is 5. The molecule has 9 heteroatoms. The number of carbonyl (C=O) groups is 2. The Kier molecular flexibility index (Phi) is 5.91. The van der Waals surface area contributed by atoms with Gasteiger partial charge >= 0.3 is 12.1 Å². The summed E-state index contributed by atoms with van der Waals surface area (Å²) >= 11 is 0. The molecule has 0 saturated heterocycles. The summed E-state index contributed by atoms with van der Waals surface area (Å²) in [6.07, 6.45) is -5.13. The van der Waals surface area contributed by atoms with Gasteiger partial charge in [-0.3, -0.25) is 9.59 Å². The topological polar surface area (TPSA) is 55.4 Å². The maximum Gasteiger partial charge on any atom is 0.419 e. The number of esters is 1. The zero-order valence-electron chi connectivity index (χ0n) is 13.1. The Hall–Kier alpha value is -2.97. The van der Waals surface area contributed by atoms with Crippen molar-refractivity contribution in [1.29, 1.82) is 0 Å². The number of hydrogen-bond donors (Lipinski definition) is 1. The van der Waals surface area contributed by atoms with Crippen molar-refractivity contribution < 1.29 is 36.3 Å². The van der Waals surface area contributed by atoms with Gasteiger partial charge in [-0.1, -0.05) is 12.1 Å². The first-order valence-electron chi connectivity index (χ1n) is 7.28. The molecule has 0 spiro atoms. The highest BCUT2D eigenvalue weighted by molar-refractivity contribution is 5.94. The molecule has 0 heterocycles. The predicted molar refractivity (Wildman–Crippen MR) is 80.4 cm³/mol. The predicted octanol–water partition coefficient (Wildman–Crippen LogP) is 3.71. The van der Waals surface area contributed by atoms with Crippen molar-refractivity contribution in [3.05, 3.63) is 65.2 Å². The number of alkyl halides is 3. The summed E-state index contributed by atoms with van der Waals surface area (Å²) in [4.78, 5) is 23.4. The average Bonchev–Trinajstić information content (AvgIpc) is 2.54. The Labute approximate surface area is 144 Å². The molecule has 0 aliphatic carbocycles. The van der Waals surface area contributed by atoms with Crippen molar-refractivity contribution in [1.82, 2.24) is 5.32 Å². The Balaban J connectivity index is 1.91. The second kappa shape index (κ2) is 7.94. The molecule has 2 aromatic rings. The van der Waals surface area contributed by atoms with Gasteiger partial charge in [-0.05, 0) is 24.3 Å². The second-order valence-corrected chi connectivity index (χ2v) is 5.10. The van der Waals surface area contributed by atoms with E-state index in [1.165, 1.54) is 6.07 Å². The second-order valence-electron chi connectivity index (χ2n) is 5.10. The summed E-state index contributed by atoms with van der Waals surface area (Å²) in [7, 11) is 0. The number of halogens is 5. The summed E-state index contributed by atoms with van der Waals surface area (Å²) in [6, 6.07) is 6.53. The van der Waals surface area contributed by atoms with E-state index >= 15 is 0 Å². The lowest BCUT2D eigenvalue weighted by molar-refractivity contribution is -0.142. The van der Waals surface area contributed by atoms with E-state index < -0.39 is 53.0 Å². The van der Waals surface area contributed by atoms with Gasteiger partial charge in [-0.15, -0.1) is 0 Å². The van der Waals surface area contributed by atoms with Gasteiger partial charge in [-0.2, -0.15) is 13.2 Å². The van der Waals surface area contributed by atoms with Gasteiger partial charge in [0.1, 0.15) is 17.4 Å². The fraction of sp³-hybridized carbons (Fsp3) is 0.176. The maximum atomic E-state index is 13.4. The minimum Gasteiger partial charge on any atom is -0.426 e. The highest BCUT2D eigenvalue weighted by atomic mass is 19.4. The van der Waals surface area contributed by atoms with Crippen LogP contribution in [0.1, 0.15) is 22.3 Å². The highest BCUT2D eigenvalue weighted by Crippen LogP contribution is 2.35. The Morgan fingerprint density at radius 2 is 1.73 bits per heavy atom. The molecule has 26 heavy (non-hydrogen) atoms. The molecule has 1 amide bonds. The number of benzene rings is 2. The molecule has 1 N–H and O–H groups in total. The molecule has 2 aromatic carbocycles. The van der Waals surface area contributed by atoms with Crippen molar-refractivity contribution in [3.63, 3.8) is 0 Å². The van der Waals surface area contributed by atoms with Crippen molar-refractivity contribution in [2.75, 3.05) is 6.54 Å². The van der Waals surface area contributed by atoms with Gasteiger partial charge in [-0.25, -0.2) is 8.78 Å². The summed E-state index contributed by atoms with van der Waals surface area (Å²) in [5, 5.41) is 2.20. The summed E-state index contributed by atoms with van der Waals surface area (Å²) in [5.41, 5.74) is -1.53. The smallest absolute Gasteiger partial charge is 0.419 e. The van der Waals surface area contributed by atoms with E-state index in [-0.39, 0.29) is 6.54 Å². The molecule has 2 rings (SSSR count). The van der Waals surface area contributed by atoms with E-state index in [0.717, 1.165) is 30.3 Å². The lowest BCUT2D eigenvalue weighted by Gasteiger charge is -2.12. The van der Waals surface area contributed by atoms with Gasteiger partial charge in [0.2, 0.25) is 0 Å². The first kappa shape index (κ1) is 19.4. The van der Waals surface area contributed by atoms with E-state index in [1.54, 1.807) is 0 Å². The lowest BCUT2D eigenvalue weighted by Crippen LogP contribution is -2.28. The minimum atomic E-state index is -4.69. The number of carbonyl (C=O) groups excluding carboxylic acids is 2. The van der Waals surface area contributed by atoms with E-state index in [1.807, 2.05) is 0 Å². The summed E-state index contributed by atoms with van der Waals surface area (Å²) in [5.74, 6) is -4.50. The van der Waals surface area contributed by atoms with Crippen LogP contribution in [0.15, 0.2) is 42.5 Å². The minimum absolute atomic E-state index is 0.303. The van der Waals surface area contributed by atoms with Crippen LogP contribution in [0, 0.1) is 11.6 Å². The van der Waals surface area contributed by atoms with Crippen LogP contribution in [0.3, 0.4) is 0 Å². The van der Waals surface area contributed by atoms with Gasteiger partial charge in [0, 0.05) is 12.6 Å². The van der Waals surface area contributed by atoms with E-state index in [9.17, 15) is 31.5 Å². The van der Waals surface area contributed by atoms with Crippen molar-refractivity contribution in [3.8, 4) is 5.75 Å². The third kappa shape index (κ3) is 5.01. The highest BCUT2D eigenvalue weighted by Gasteiger charge is 2.34. The van der Waals surface area contributed by atoms with Gasteiger partial charge < -0.3 is 10.1 Å². The number of hydrogen-bond acceptors (Lipinski definition) is 3. The number of nitrogens with one attached hydrogen (secondary N) is 1. The molecule has 0 unspecified atom stereocenters. The maximum absolute atomic E-state index is 13.4. The van der Waals surface area contributed by atoms with Crippen LogP contribution in [0.5, 0.6) is 5.75 Å². The van der Waals surface area contributed by atoms with Crippen molar-refractivity contribution >= 4 is 11.9 Å². The first-order valence-corrected chi connectivity index (χ1v) is 7.28. The normalized spacial score (nSPS) is 11.1. The van der Waals surface area contributed by atoms with E-state index in [4.69, 9.17) is 0 Å². The molecule has 0 saturated carbocycles. The van der Waals surface area contributed by atoms with Crippen LogP contribution in [0.2, 0.25) is 0 Å². The van der Waals surface area contributed by atoms with E-state index in [0.29, 0.717) is 6.07 Å². The molecule has 0 bridgehead atoms. The van der Waals surface area contributed by atoms with Crippen LogP contribution in [-0.4, -0.2) is 18.4 Å². The summed E-state index contributed by atoms with van der Waals surface area (Å²) in [6.45, 7) is -0.303. The zero-order valence-corrected chi connectivity index (χ0v) is 13.1. The molecule has 0 aliphatic rings. The Bertz CT molecular complexity index is 820. The van der Waals surface area contributed by atoms with Gasteiger partial charge in [0.25, 0.3) is 5.91 Å². The molecule has 0 atom stereocenters. The summed E-state index contributed by atoms with van der Waals surface area (Å²) < 4.78 is 69.3. The molecule has 0 radical (unpaired) electrons. The zero-order chi connectivity index (χ0) is 19.3. The molecule has 138 valence electrons. The fourth-order valence-corrected chi connectivity index (χ4v) is 2.01. The number of ether oxygens (including phenoxy) is 1. The lowest BCUT2D eigenvalue weighted by atomic mass is 10.2. The number of para-hydroxylation sites is 1. The monoisotopic (exact) mass is 373 g/mol. The largest absolute Gasteiger partial charge is 0.426 e. The average molecular weight is 373 g/mol. The standard InChI is InChI=1S/C17H12F5NO3/c18-10-5-6-11(13(19)9-10)16(25)23-8-7-15(24)26-14-4-2-1-3-12(14)17(20,21)22/h1-6,9H,7-8H2,(H,23,25). The van der Waals surface area contributed by atoms with E-state index in [2.05, 4.69) is 10.1 Å². The van der Waals surface area contributed by atoms with Crippen LogP contribution >= 0.6 is 0 Å². The number of amides is 1. The molecular weight excluding hydrogens is 361 g/mol. The molecule has 4 nitrogen and oxygen atoms in total. The molecule has 0 aliphatic heterocycles.